The second-order valence-corrected chi connectivity index (χ2v) is 4.06. The smallest absolute Gasteiger partial charge is 0.0706 e. The lowest BCUT2D eigenvalue weighted by Gasteiger charge is -2.24. The number of rotatable bonds is 2. The van der Waals surface area contributed by atoms with Crippen LogP contribution in [0.4, 0.5) is 0 Å². The van der Waals surface area contributed by atoms with Gasteiger partial charge in [0.25, 0.3) is 0 Å². The summed E-state index contributed by atoms with van der Waals surface area (Å²) in [5.41, 5.74) is 0. The van der Waals surface area contributed by atoms with Gasteiger partial charge in [-0.25, -0.2) is 0 Å². The molecule has 1 aliphatic heterocycles. The van der Waals surface area contributed by atoms with Crippen LogP contribution in [0, 0.1) is 17.2 Å². The predicted molar refractivity (Wildman–Crippen MR) is 46.3 cm³/mol. The maximum absolute atomic E-state index is 9.44. The Kier molecular flexibility index (Phi) is 3.74. The van der Waals surface area contributed by atoms with Crippen LogP contribution in [-0.4, -0.2) is 22.7 Å². The molecule has 2 atom stereocenters. The van der Waals surface area contributed by atoms with Crippen LogP contribution in [0.2, 0.25) is 0 Å². The largest absolute Gasteiger partial charge is 0.392 e. The van der Waals surface area contributed by atoms with Gasteiger partial charge in [-0.05, 0) is 30.3 Å². The van der Waals surface area contributed by atoms with E-state index in [0.717, 1.165) is 12.2 Å². The number of hydrogen-bond donors (Lipinski definition) is 1. The zero-order valence-electron chi connectivity index (χ0n) is 6.49. The van der Waals surface area contributed by atoms with Crippen molar-refractivity contribution in [1.29, 1.82) is 5.26 Å². The Balaban J connectivity index is 2.27. The zero-order valence-corrected chi connectivity index (χ0v) is 7.31. The third kappa shape index (κ3) is 2.72. The van der Waals surface area contributed by atoms with E-state index in [4.69, 9.17) is 5.26 Å². The maximum atomic E-state index is 9.44. The molecule has 0 saturated carbocycles. The van der Waals surface area contributed by atoms with Crippen LogP contribution in [-0.2, 0) is 0 Å². The molecule has 0 spiro atoms. The molecule has 0 radical (unpaired) electrons. The van der Waals surface area contributed by atoms with Crippen molar-refractivity contribution in [2.24, 2.45) is 5.92 Å². The second-order valence-electron chi connectivity index (χ2n) is 2.91. The lowest BCUT2D eigenvalue weighted by atomic mass is 9.97. The van der Waals surface area contributed by atoms with Crippen molar-refractivity contribution in [2.75, 3.05) is 11.5 Å². The summed E-state index contributed by atoms with van der Waals surface area (Å²) in [6, 6.07) is 2.01. The molecule has 1 N–H and O–H groups in total. The zero-order chi connectivity index (χ0) is 8.10. The van der Waals surface area contributed by atoms with Crippen molar-refractivity contribution in [3.8, 4) is 6.07 Å². The van der Waals surface area contributed by atoms with Crippen molar-refractivity contribution < 1.29 is 5.11 Å². The number of hydrogen-bond acceptors (Lipinski definition) is 3. The Labute approximate surface area is 71.6 Å². The molecular weight excluding hydrogens is 158 g/mol. The third-order valence-corrected chi connectivity index (χ3v) is 3.28. The molecule has 0 amide bonds. The first-order valence-corrected chi connectivity index (χ1v) is 5.13. The lowest BCUT2D eigenvalue weighted by molar-refractivity contribution is 0.117. The molecule has 2 nitrogen and oxygen atoms in total. The highest BCUT2D eigenvalue weighted by molar-refractivity contribution is 7.99. The first-order valence-electron chi connectivity index (χ1n) is 3.97. The van der Waals surface area contributed by atoms with E-state index in [1.807, 2.05) is 17.8 Å². The molecule has 0 aliphatic carbocycles. The Morgan fingerprint density at radius 2 is 2.55 bits per heavy atom. The topological polar surface area (TPSA) is 44.0 Å². The number of aliphatic hydroxyl groups excluding tert-OH is 1. The third-order valence-electron chi connectivity index (χ3n) is 2.04. The molecule has 1 fully saturated rings. The van der Waals surface area contributed by atoms with Crippen molar-refractivity contribution in [3.63, 3.8) is 0 Å². The van der Waals surface area contributed by atoms with Crippen molar-refractivity contribution in [1.82, 2.24) is 0 Å². The SMILES string of the molecule is N#CCC(O)C1CCCSC1. The number of nitriles is 1. The molecule has 62 valence electrons. The molecule has 0 aromatic carbocycles. The lowest BCUT2D eigenvalue weighted by Crippen LogP contribution is -2.24. The number of thioether (sulfide) groups is 1. The van der Waals surface area contributed by atoms with E-state index in [9.17, 15) is 5.11 Å². The van der Waals surface area contributed by atoms with Gasteiger partial charge in [-0.1, -0.05) is 0 Å². The molecule has 0 aromatic heterocycles. The highest BCUT2D eigenvalue weighted by Gasteiger charge is 2.21. The standard InChI is InChI=1S/C8H13NOS/c9-4-3-8(10)7-2-1-5-11-6-7/h7-8,10H,1-3,5-6H2. The summed E-state index contributed by atoms with van der Waals surface area (Å²) in [6.07, 6.45) is 2.20. The number of nitrogens with zero attached hydrogens (tertiary/aromatic N) is 1. The Hall–Kier alpha value is -0.200. The highest BCUT2D eigenvalue weighted by atomic mass is 32.2. The molecular formula is C8H13NOS. The van der Waals surface area contributed by atoms with Crippen LogP contribution in [0.25, 0.3) is 0 Å². The highest BCUT2D eigenvalue weighted by Crippen LogP contribution is 2.26. The Morgan fingerprint density at radius 1 is 1.73 bits per heavy atom. The summed E-state index contributed by atoms with van der Waals surface area (Å²) in [5, 5.41) is 17.8. The van der Waals surface area contributed by atoms with Gasteiger partial charge >= 0.3 is 0 Å². The molecule has 3 heteroatoms. The molecule has 11 heavy (non-hydrogen) atoms. The van der Waals surface area contributed by atoms with Crippen LogP contribution in [0.1, 0.15) is 19.3 Å². The fourth-order valence-corrected chi connectivity index (χ4v) is 2.56. The Morgan fingerprint density at radius 3 is 3.09 bits per heavy atom. The van der Waals surface area contributed by atoms with Crippen LogP contribution in [0.3, 0.4) is 0 Å². The minimum atomic E-state index is -0.382. The van der Waals surface area contributed by atoms with Crippen LogP contribution >= 0.6 is 11.8 Å². The van der Waals surface area contributed by atoms with Crippen molar-refractivity contribution in [3.05, 3.63) is 0 Å². The molecule has 1 heterocycles. The van der Waals surface area contributed by atoms with Crippen molar-refractivity contribution >= 4 is 11.8 Å². The minimum Gasteiger partial charge on any atom is -0.392 e. The summed E-state index contributed by atoms with van der Waals surface area (Å²) in [6.45, 7) is 0. The molecule has 1 aliphatic rings. The van der Waals surface area contributed by atoms with E-state index in [2.05, 4.69) is 0 Å². The second kappa shape index (κ2) is 4.63. The summed E-state index contributed by atoms with van der Waals surface area (Å²) in [5.74, 6) is 2.62. The molecule has 2 unspecified atom stereocenters. The van der Waals surface area contributed by atoms with Gasteiger partial charge in [-0.2, -0.15) is 17.0 Å². The van der Waals surface area contributed by atoms with Crippen LogP contribution in [0.15, 0.2) is 0 Å². The maximum Gasteiger partial charge on any atom is 0.0706 e. The summed E-state index contributed by atoms with van der Waals surface area (Å²) >= 11 is 1.89. The monoisotopic (exact) mass is 171 g/mol. The average Bonchev–Trinajstić information content (AvgIpc) is 2.07. The summed E-state index contributed by atoms with van der Waals surface area (Å²) in [7, 11) is 0. The fraction of sp³-hybridized carbons (Fsp3) is 0.875. The van der Waals surface area contributed by atoms with Crippen molar-refractivity contribution in [2.45, 2.75) is 25.4 Å². The number of aliphatic hydroxyl groups is 1. The quantitative estimate of drug-likeness (QED) is 0.683. The average molecular weight is 171 g/mol. The summed E-state index contributed by atoms with van der Waals surface area (Å²) < 4.78 is 0. The fourth-order valence-electron chi connectivity index (χ4n) is 1.33. The first-order chi connectivity index (χ1) is 5.34. The van der Waals surface area contributed by atoms with E-state index >= 15 is 0 Å². The van der Waals surface area contributed by atoms with Gasteiger partial charge in [0.05, 0.1) is 18.6 Å². The van der Waals surface area contributed by atoms with Gasteiger partial charge in [0.2, 0.25) is 0 Å². The van der Waals surface area contributed by atoms with E-state index in [-0.39, 0.29) is 6.10 Å². The minimum absolute atomic E-state index is 0.297. The van der Waals surface area contributed by atoms with Gasteiger partial charge in [0.1, 0.15) is 0 Å². The van der Waals surface area contributed by atoms with E-state index in [1.165, 1.54) is 12.2 Å². The molecule has 1 saturated heterocycles. The molecule has 0 bridgehead atoms. The van der Waals surface area contributed by atoms with Gasteiger partial charge in [-0.3, -0.25) is 0 Å². The van der Waals surface area contributed by atoms with E-state index in [0.29, 0.717) is 12.3 Å². The van der Waals surface area contributed by atoms with E-state index in [1.54, 1.807) is 0 Å². The normalized spacial score (nSPS) is 27.5. The van der Waals surface area contributed by atoms with Gasteiger partial charge in [0.15, 0.2) is 0 Å². The van der Waals surface area contributed by atoms with Gasteiger partial charge in [0, 0.05) is 0 Å². The summed E-state index contributed by atoms with van der Waals surface area (Å²) in [4.78, 5) is 0. The Bertz CT molecular complexity index is 149. The predicted octanol–water partition coefficient (Wildman–Crippen LogP) is 1.40. The van der Waals surface area contributed by atoms with E-state index < -0.39 is 0 Å². The van der Waals surface area contributed by atoms with Crippen LogP contribution < -0.4 is 0 Å². The van der Waals surface area contributed by atoms with Gasteiger partial charge in [-0.15, -0.1) is 0 Å². The van der Waals surface area contributed by atoms with Gasteiger partial charge < -0.3 is 5.11 Å². The molecule has 1 rings (SSSR count). The van der Waals surface area contributed by atoms with Crippen LogP contribution in [0.5, 0.6) is 0 Å². The first kappa shape index (κ1) is 8.89. The molecule has 0 aromatic rings.